The van der Waals surface area contributed by atoms with Gasteiger partial charge in [-0.05, 0) is 31.0 Å². The highest BCUT2D eigenvalue weighted by molar-refractivity contribution is 9.10. The Kier molecular flexibility index (Phi) is 4.78. The number of hydrogen-bond donors (Lipinski definition) is 2. The number of hydrogen-bond acceptors (Lipinski definition) is 2. The summed E-state index contributed by atoms with van der Waals surface area (Å²) in [6.07, 6.45) is 0.818. The van der Waals surface area contributed by atoms with Crippen molar-refractivity contribution in [2.45, 2.75) is 19.4 Å². The van der Waals surface area contributed by atoms with Crippen LogP contribution in [0.15, 0.2) is 28.7 Å². The fourth-order valence-corrected chi connectivity index (χ4v) is 1.62. The van der Waals surface area contributed by atoms with Crippen LogP contribution in [-0.4, -0.2) is 18.5 Å². The summed E-state index contributed by atoms with van der Waals surface area (Å²) in [6, 6.07) is 8.17. The Balaban J connectivity index is 2.47. The molecule has 4 heteroatoms. The maximum atomic E-state index is 11.0. The Labute approximate surface area is 98.2 Å². The molecule has 0 saturated carbocycles. The standard InChI is InChI=1S/C11H15BrN2O/c1-8(14-11(15)7-13)6-9-2-4-10(12)5-3-9/h2-5,8H,6-7,13H2,1H3,(H,14,15). The quantitative estimate of drug-likeness (QED) is 0.871. The van der Waals surface area contributed by atoms with Gasteiger partial charge in [0.25, 0.3) is 0 Å². The molecule has 1 aromatic carbocycles. The van der Waals surface area contributed by atoms with Crippen molar-refractivity contribution in [2.75, 3.05) is 6.54 Å². The van der Waals surface area contributed by atoms with Crippen LogP contribution in [0.4, 0.5) is 0 Å². The predicted octanol–water partition coefficient (Wildman–Crippen LogP) is 1.45. The molecule has 3 N–H and O–H groups in total. The van der Waals surface area contributed by atoms with Gasteiger partial charge < -0.3 is 11.1 Å². The molecule has 1 unspecified atom stereocenters. The minimum absolute atomic E-state index is 0.0463. The lowest BCUT2D eigenvalue weighted by atomic mass is 10.1. The topological polar surface area (TPSA) is 55.1 Å². The molecule has 15 heavy (non-hydrogen) atoms. The SMILES string of the molecule is CC(Cc1ccc(Br)cc1)NC(=O)CN. The third-order valence-electron chi connectivity index (χ3n) is 2.05. The highest BCUT2D eigenvalue weighted by Crippen LogP contribution is 2.11. The van der Waals surface area contributed by atoms with Crippen LogP contribution in [0.3, 0.4) is 0 Å². The smallest absolute Gasteiger partial charge is 0.233 e. The van der Waals surface area contributed by atoms with Gasteiger partial charge >= 0.3 is 0 Å². The van der Waals surface area contributed by atoms with E-state index in [1.165, 1.54) is 5.56 Å². The lowest BCUT2D eigenvalue weighted by molar-refractivity contribution is -0.120. The Morgan fingerprint density at radius 2 is 2.07 bits per heavy atom. The number of carbonyl (C=O) groups excluding carboxylic acids is 1. The van der Waals surface area contributed by atoms with E-state index in [0.29, 0.717) is 0 Å². The van der Waals surface area contributed by atoms with Gasteiger partial charge in [-0.25, -0.2) is 0 Å². The van der Waals surface area contributed by atoms with Crippen molar-refractivity contribution in [3.63, 3.8) is 0 Å². The van der Waals surface area contributed by atoms with Gasteiger partial charge in [-0.2, -0.15) is 0 Å². The Bertz CT molecular complexity index is 324. The molecule has 82 valence electrons. The maximum Gasteiger partial charge on any atom is 0.233 e. The normalized spacial score (nSPS) is 12.2. The molecule has 1 atom stereocenters. The van der Waals surface area contributed by atoms with E-state index in [4.69, 9.17) is 5.73 Å². The van der Waals surface area contributed by atoms with Gasteiger partial charge in [0.2, 0.25) is 5.91 Å². The first-order valence-electron chi connectivity index (χ1n) is 4.85. The molecule has 0 bridgehead atoms. The second-order valence-corrected chi connectivity index (χ2v) is 4.42. The zero-order valence-electron chi connectivity index (χ0n) is 8.66. The molecule has 0 aromatic heterocycles. The average Bonchev–Trinajstić information content (AvgIpc) is 2.21. The van der Waals surface area contributed by atoms with Gasteiger partial charge in [-0.3, -0.25) is 4.79 Å². The van der Waals surface area contributed by atoms with Crippen LogP contribution >= 0.6 is 15.9 Å². The van der Waals surface area contributed by atoms with Crippen LogP contribution < -0.4 is 11.1 Å². The van der Waals surface area contributed by atoms with Crippen molar-refractivity contribution < 1.29 is 4.79 Å². The van der Waals surface area contributed by atoms with Gasteiger partial charge in [0.1, 0.15) is 0 Å². The number of benzene rings is 1. The second-order valence-electron chi connectivity index (χ2n) is 3.50. The monoisotopic (exact) mass is 270 g/mol. The lowest BCUT2D eigenvalue weighted by Crippen LogP contribution is -2.38. The van der Waals surface area contributed by atoms with Crippen LogP contribution in [-0.2, 0) is 11.2 Å². The molecule has 0 fully saturated rings. The Morgan fingerprint density at radius 3 is 2.60 bits per heavy atom. The minimum Gasteiger partial charge on any atom is -0.352 e. The van der Waals surface area contributed by atoms with Crippen molar-refractivity contribution in [2.24, 2.45) is 5.73 Å². The molecule has 0 aliphatic rings. The summed E-state index contributed by atoms with van der Waals surface area (Å²) >= 11 is 3.38. The van der Waals surface area contributed by atoms with E-state index < -0.39 is 0 Å². The molecule has 0 radical (unpaired) electrons. The first kappa shape index (κ1) is 12.2. The fraction of sp³-hybridized carbons (Fsp3) is 0.364. The van der Waals surface area contributed by atoms with Gasteiger partial charge in [-0.15, -0.1) is 0 Å². The van der Waals surface area contributed by atoms with E-state index in [9.17, 15) is 4.79 Å². The van der Waals surface area contributed by atoms with E-state index in [2.05, 4.69) is 21.2 Å². The molecule has 0 saturated heterocycles. The van der Waals surface area contributed by atoms with E-state index in [-0.39, 0.29) is 18.5 Å². The van der Waals surface area contributed by atoms with Crippen LogP contribution in [0.1, 0.15) is 12.5 Å². The van der Waals surface area contributed by atoms with Crippen LogP contribution in [0.5, 0.6) is 0 Å². The average molecular weight is 271 g/mol. The molecule has 1 aromatic rings. The molecule has 0 aliphatic carbocycles. The molecule has 1 amide bonds. The molecule has 3 nitrogen and oxygen atoms in total. The summed E-state index contributed by atoms with van der Waals surface area (Å²) in [4.78, 5) is 11.0. The number of nitrogens with two attached hydrogens (primary N) is 1. The Morgan fingerprint density at radius 1 is 1.47 bits per heavy atom. The number of nitrogens with one attached hydrogen (secondary N) is 1. The first-order valence-corrected chi connectivity index (χ1v) is 5.65. The predicted molar refractivity (Wildman–Crippen MR) is 64.5 cm³/mol. The van der Waals surface area contributed by atoms with Crippen molar-refractivity contribution in [3.05, 3.63) is 34.3 Å². The number of amides is 1. The largest absolute Gasteiger partial charge is 0.352 e. The van der Waals surface area contributed by atoms with Crippen LogP contribution in [0, 0.1) is 0 Å². The molecule has 0 aliphatic heterocycles. The van der Waals surface area contributed by atoms with E-state index in [0.717, 1.165) is 10.9 Å². The van der Waals surface area contributed by atoms with Crippen molar-refractivity contribution >= 4 is 21.8 Å². The van der Waals surface area contributed by atoms with Gasteiger partial charge in [0, 0.05) is 10.5 Å². The van der Waals surface area contributed by atoms with E-state index in [1.54, 1.807) is 0 Å². The molecular formula is C11H15BrN2O. The van der Waals surface area contributed by atoms with Crippen LogP contribution in [0.2, 0.25) is 0 Å². The maximum absolute atomic E-state index is 11.0. The summed E-state index contributed by atoms with van der Waals surface area (Å²) in [7, 11) is 0. The van der Waals surface area contributed by atoms with Gasteiger partial charge in [-0.1, -0.05) is 28.1 Å². The zero-order valence-corrected chi connectivity index (χ0v) is 10.3. The summed E-state index contributed by atoms with van der Waals surface area (Å²) in [5.74, 6) is -0.111. The molecule has 1 rings (SSSR count). The van der Waals surface area contributed by atoms with Gasteiger partial charge in [0.15, 0.2) is 0 Å². The van der Waals surface area contributed by atoms with Crippen LogP contribution in [0.25, 0.3) is 0 Å². The highest BCUT2D eigenvalue weighted by Gasteiger charge is 2.06. The van der Waals surface area contributed by atoms with Crippen molar-refractivity contribution in [1.82, 2.24) is 5.32 Å². The first-order chi connectivity index (χ1) is 7.11. The highest BCUT2D eigenvalue weighted by atomic mass is 79.9. The van der Waals surface area contributed by atoms with Crippen molar-refractivity contribution in [3.8, 4) is 0 Å². The summed E-state index contributed by atoms with van der Waals surface area (Å²) in [6.45, 7) is 2.01. The molecular weight excluding hydrogens is 256 g/mol. The lowest BCUT2D eigenvalue weighted by Gasteiger charge is -2.13. The summed E-state index contributed by atoms with van der Waals surface area (Å²) < 4.78 is 1.06. The fourth-order valence-electron chi connectivity index (χ4n) is 1.36. The second kappa shape index (κ2) is 5.88. The number of rotatable bonds is 4. The minimum atomic E-state index is -0.111. The van der Waals surface area contributed by atoms with Crippen molar-refractivity contribution in [1.29, 1.82) is 0 Å². The summed E-state index contributed by atoms with van der Waals surface area (Å²) in [5, 5.41) is 2.82. The molecule has 0 heterocycles. The number of carbonyl (C=O) groups is 1. The Hall–Kier alpha value is -0.870. The van der Waals surface area contributed by atoms with E-state index in [1.807, 2.05) is 31.2 Å². The third-order valence-corrected chi connectivity index (χ3v) is 2.58. The molecule has 0 spiro atoms. The summed E-state index contributed by atoms with van der Waals surface area (Å²) in [5.41, 5.74) is 6.41. The third kappa shape index (κ3) is 4.44. The zero-order chi connectivity index (χ0) is 11.3. The van der Waals surface area contributed by atoms with Gasteiger partial charge in [0.05, 0.1) is 6.54 Å². The van der Waals surface area contributed by atoms with E-state index >= 15 is 0 Å². The number of halogens is 1.